The van der Waals surface area contributed by atoms with E-state index in [1.54, 1.807) is 44.9 Å². The maximum absolute atomic E-state index is 12.7. The van der Waals surface area contributed by atoms with Gasteiger partial charge in [-0.25, -0.2) is 8.42 Å². The molecule has 1 amide bonds. The Morgan fingerprint density at radius 2 is 1.79 bits per heavy atom. The lowest BCUT2D eigenvalue weighted by molar-refractivity contribution is -0.133. The number of carbonyl (C=O) groups is 1. The fourth-order valence-electron chi connectivity index (χ4n) is 3.01. The lowest BCUT2D eigenvalue weighted by atomic mass is 10.1. The summed E-state index contributed by atoms with van der Waals surface area (Å²) < 4.78 is 33.1. The predicted octanol–water partition coefficient (Wildman–Crippen LogP) is 1.99. The molecule has 0 spiro atoms. The maximum Gasteiger partial charge on any atom is 0.241 e. The maximum atomic E-state index is 12.7. The van der Waals surface area contributed by atoms with Crippen molar-refractivity contribution in [2.24, 2.45) is 0 Å². The Bertz CT molecular complexity index is 710. The average molecular weight is 354 g/mol. The first kappa shape index (κ1) is 18.7. The zero-order valence-electron chi connectivity index (χ0n) is 14.8. The highest BCUT2D eigenvalue weighted by Crippen LogP contribution is 2.25. The fraction of sp³-hybridized carbons (Fsp3) is 0.588. The Hall–Kier alpha value is -1.60. The van der Waals surface area contributed by atoms with Crippen LogP contribution in [0.5, 0.6) is 5.75 Å². The SMILES string of the molecule is COc1cc(C)c(S(=O)(=O)N[C@@H](C)C(=O)N2CCCCC2)cc1C. The summed E-state index contributed by atoms with van der Waals surface area (Å²) in [4.78, 5) is 14.4. The lowest BCUT2D eigenvalue weighted by Crippen LogP contribution is -2.48. The van der Waals surface area contributed by atoms with Crippen LogP contribution in [0.3, 0.4) is 0 Å². The standard InChI is InChI=1S/C17H26N2O4S/c1-12-11-16(13(2)10-15(12)23-4)24(21,22)18-14(3)17(20)19-8-6-5-7-9-19/h10-11,14,18H,5-9H2,1-4H3/t14-/m0/s1. The van der Waals surface area contributed by atoms with Crippen LogP contribution in [0.25, 0.3) is 0 Å². The Balaban J connectivity index is 2.18. The van der Waals surface area contributed by atoms with Crippen LogP contribution in [0, 0.1) is 13.8 Å². The Kier molecular flexibility index (Phi) is 5.87. The third kappa shape index (κ3) is 4.08. The molecule has 6 nitrogen and oxygen atoms in total. The molecule has 2 rings (SSSR count). The predicted molar refractivity (Wildman–Crippen MR) is 92.7 cm³/mol. The topological polar surface area (TPSA) is 75.7 Å². The Labute approximate surface area is 144 Å². The van der Waals surface area contributed by atoms with Gasteiger partial charge in [0, 0.05) is 13.1 Å². The van der Waals surface area contributed by atoms with Gasteiger partial charge in [-0.2, -0.15) is 4.72 Å². The number of methoxy groups -OCH3 is 1. The third-order valence-electron chi connectivity index (χ3n) is 4.35. The molecule has 0 aliphatic carbocycles. The molecular formula is C17H26N2O4S. The minimum atomic E-state index is -3.77. The number of nitrogens with zero attached hydrogens (tertiary/aromatic N) is 1. The second kappa shape index (κ2) is 7.53. The third-order valence-corrected chi connectivity index (χ3v) is 6.03. The van der Waals surface area contributed by atoms with Crippen LogP contribution >= 0.6 is 0 Å². The van der Waals surface area contributed by atoms with Gasteiger partial charge in [-0.05, 0) is 63.3 Å². The molecule has 134 valence electrons. The van der Waals surface area contributed by atoms with E-state index in [1.807, 2.05) is 0 Å². The van der Waals surface area contributed by atoms with Crippen LogP contribution in [0.1, 0.15) is 37.3 Å². The molecule has 24 heavy (non-hydrogen) atoms. The normalized spacial score (nSPS) is 16.8. The molecule has 1 aliphatic heterocycles. The van der Waals surface area contributed by atoms with E-state index < -0.39 is 16.1 Å². The van der Waals surface area contributed by atoms with Crippen molar-refractivity contribution in [3.8, 4) is 5.75 Å². The molecule has 0 unspecified atom stereocenters. The number of rotatable bonds is 5. The van der Waals surface area contributed by atoms with Crippen molar-refractivity contribution in [1.82, 2.24) is 9.62 Å². The molecule has 0 aromatic heterocycles. The van der Waals surface area contributed by atoms with E-state index in [9.17, 15) is 13.2 Å². The van der Waals surface area contributed by atoms with Crippen molar-refractivity contribution < 1.29 is 17.9 Å². The number of likely N-dealkylation sites (tertiary alicyclic amines) is 1. The van der Waals surface area contributed by atoms with E-state index in [0.29, 0.717) is 24.4 Å². The van der Waals surface area contributed by atoms with Crippen LogP contribution in [0.15, 0.2) is 17.0 Å². The lowest BCUT2D eigenvalue weighted by Gasteiger charge is -2.29. The largest absolute Gasteiger partial charge is 0.496 e. The molecule has 7 heteroatoms. The first-order chi connectivity index (χ1) is 11.3. The summed E-state index contributed by atoms with van der Waals surface area (Å²) in [6.07, 6.45) is 3.07. The molecule has 1 aliphatic rings. The van der Waals surface area contributed by atoms with Crippen LogP contribution in [-0.4, -0.2) is 45.5 Å². The summed E-state index contributed by atoms with van der Waals surface area (Å²) in [5.41, 5.74) is 1.32. The van der Waals surface area contributed by atoms with Crippen molar-refractivity contribution in [2.75, 3.05) is 20.2 Å². The summed E-state index contributed by atoms with van der Waals surface area (Å²) >= 11 is 0. The molecule has 1 aromatic carbocycles. The molecule has 0 saturated carbocycles. The second-order valence-corrected chi connectivity index (χ2v) is 8.00. The molecule has 1 heterocycles. The number of hydrogen-bond acceptors (Lipinski definition) is 4. The van der Waals surface area contributed by atoms with Gasteiger partial charge in [-0.1, -0.05) is 0 Å². The summed E-state index contributed by atoms with van der Waals surface area (Å²) in [7, 11) is -2.23. The van der Waals surface area contributed by atoms with E-state index >= 15 is 0 Å². The molecule has 1 saturated heterocycles. The first-order valence-electron chi connectivity index (χ1n) is 8.22. The molecule has 1 fully saturated rings. The number of carbonyl (C=O) groups excluding carboxylic acids is 1. The van der Waals surface area contributed by atoms with E-state index in [-0.39, 0.29) is 10.8 Å². The molecular weight excluding hydrogens is 328 g/mol. The van der Waals surface area contributed by atoms with Gasteiger partial charge in [0.25, 0.3) is 0 Å². The van der Waals surface area contributed by atoms with Crippen LogP contribution in [0.2, 0.25) is 0 Å². The Morgan fingerprint density at radius 3 is 2.38 bits per heavy atom. The molecule has 0 bridgehead atoms. The van der Waals surface area contributed by atoms with Gasteiger partial charge in [-0.15, -0.1) is 0 Å². The van der Waals surface area contributed by atoms with Crippen molar-refractivity contribution in [2.45, 2.75) is 51.0 Å². The highest BCUT2D eigenvalue weighted by molar-refractivity contribution is 7.89. The van der Waals surface area contributed by atoms with Crippen LogP contribution in [0.4, 0.5) is 0 Å². The van der Waals surface area contributed by atoms with Gasteiger partial charge >= 0.3 is 0 Å². The molecule has 1 atom stereocenters. The summed E-state index contributed by atoms with van der Waals surface area (Å²) in [6.45, 7) is 6.50. The van der Waals surface area contributed by atoms with Gasteiger partial charge in [0.2, 0.25) is 15.9 Å². The minimum Gasteiger partial charge on any atom is -0.496 e. The molecule has 1 aromatic rings. The number of piperidine rings is 1. The fourth-order valence-corrected chi connectivity index (χ4v) is 4.52. The van der Waals surface area contributed by atoms with Crippen molar-refractivity contribution in [1.29, 1.82) is 0 Å². The highest BCUT2D eigenvalue weighted by Gasteiger charge is 2.27. The number of benzene rings is 1. The average Bonchev–Trinajstić information content (AvgIpc) is 2.56. The van der Waals surface area contributed by atoms with Gasteiger partial charge in [0.1, 0.15) is 5.75 Å². The highest BCUT2D eigenvalue weighted by atomic mass is 32.2. The summed E-state index contributed by atoms with van der Waals surface area (Å²) in [6, 6.07) is 2.49. The van der Waals surface area contributed by atoms with E-state index in [2.05, 4.69) is 4.72 Å². The van der Waals surface area contributed by atoms with E-state index in [1.165, 1.54) is 0 Å². The smallest absolute Gasteiger partial charge is 0.241 e. The van der Waals surface area contributed by atoms with Crippen LogP contribution in [-0.2, 0) is 14.8 Å². The monoisotopic (exact) mass is 354 g/mol. The minimum absolute atomic E-state index is 0.166. The second-order valence-electron chi connectivity index (χ2n) is 6.32. The van der Waals surface area contributed by atoms with Crippen molar-refractivity contribution in [3.05, 3.63) is 23.3 Å². The zero-order chi connectivity index (χ0) is 17.9. The number of sulfonamides is 1. The van der Waals surface area contributed by atoms with E-state index in [0.717, 1.165) is 24.8 Å². The molecule has 1 N–H and O–H groups in total. The number of ether oxygens (including phenoxy) is 1. The molecule has 0 radical (unpaired) electrons. The van der Waals surface area contributed by atoms with E-state index in [4.69, 9.17) is 4.74 Å². The van der Waals surface area contributed by atoms with Gasteiger partial charge in [-0.3, -0.25) is 4.79 Å². The number of aryl methyl sites for hydroxylation is 2. The first-order valence-corrected chi connectivity index (χ1v) is 9.71. The van der Waals surface area contributed by atoms with Crippen LogP contribution < -0.4 is 9.46 Å². The number of amides is 1. The summed E-state index contributed by atoms with van der Waals surface area (Å²) in [5.74, 6) is 0.477. The van der Waals surface area contributed by atoms with Gasteiger partial charge in [0.15, 0.2) is 0 Å². The van der Waals surface area contributed by atoms with Crippen molar-refractivity contribution >= 4 is 15.9 Å². The van der Waals surface area contributed by atoms with Crippen molar-refractivity contribution in [3.63, 3.8) is 0 Å². The zero-order valence-corrected chi connectivity index (χ0v) is 15.6. The van der Waals surface area contributed by atoms with Gasteiger partial charge < -0.3 is 9.64 Å². The number of hydrogen-bond donors (Lipinski definition) is 1. The van der Waals surface area contributed by atoms with Gasteiger partial charge in [0.05, 0.1) is 18.0 Å². The summed E-state index contributed by atoms with van der Waals surface area (Å²) in [5, 5.41) is 0. The quantitative estimate of drug-likeness (QED) is 0.877. The number of nitrogens with one attached hydrogen (secondary N) is 1. The Morgan fingerprint density at radius 1 is 1.17 bits per heavy atom.